The van der Waals surface area contributed by atoms with E-state index in [0.29, 0.717) is 22.6 Å². The van der Waals surface area contributed by atoms with Gasteiger partial charge in [-0.15, -0.1) is 0 Å². The molecule has 0 unspecified atom stereocenters. The van der Waals surface area contributed by atoms with E-state index in [1.165, 1.54) is 18.2 Å². The van der Waals surface area contributed by atoms with E-state index in [2.05, 4.69) is 20.9 Å². The predicted molar refractivity (Wildman–Crippen MR) is 66.3 cm³/mol. The van der Waals surface area contributed by atoms with Gasteiger partial charge in [-0.2, -0.15) is 0 Å². The topological polar surface area (TPSA) is 48.1 Å². The summed E-state index contributed by atoms with van der Waals surface area (Å²) < 4.78 is 19.0. The standard InChI is InChI=1S/C12H10BrFN2O/c13-10-6-9(14)1-2-11(10)17-12-5-8(7-15)3-4-16-12/h1-6H,7,15H2. The molecule has 0 aliphatic heterocycles. The molecule has 1 aromatic carbocycles. The molecule has 3 nitrogen and oxygen atoms in total. The summed E-state index contributed by atoms with van der Waals surface area (Å²) in [5.41, 5.74) is 6.44. The van der Waals surface area contributed by atoms with Crippen molar-refractivity contribution < 1.29 is 9.13 Å². The van der Waals surface area contributed by atoms with E-state index in [9.17, 15) is 4.39 Å². The molecule has 17 heavy (non-hydrogen) atoms. The minimum absolute atomic E-state index is 0.326. The molecule has 0 aliphatic rings. The van der Waals surface area contributed by atoms with Crippen molar-refractivity contribution in [3.05, 3.63) is 52.4 Å². The van der Waals surface area contributed by atoms with Crippen LogP contribution in [-0.2, 0) is 6.54 Å². The van der Waals surface area contributed by atoms with Crippen LogP contribution in [0.4, 0.5) is 4.39 Å². The van der Waals surface area contributed by atoms with Gasteiger partial charge in [-0.25, -0.2) is 9.37 Å². The Bertz CT molecular complexity index is 534. The predicted octanol–water partition coefficient (Wildman–Crippen LogP) is 3.23. The molecule has 0 saturated heterocycles. The maximum Gasteiger partial charge on any atom is 0.219 e. The smallest absolute Gasteiger partial charge is 0.219 e. The van der Waals surface area contributed by atoms with E-state index in [1.54, 1.807) is 12.3 Å². The number of aromatic nitrogens is 1. The molecule has 2 aromatic rings. The summed E-state index contributed by atoms with van der Waals surface area (Å²) in [7, 11) is 0. The lowest BCUT2D eigenvalue weighted by Crippen LogP contribution is -1.97. The summed E-state index contributed by atoms with van der Waals surface area (Å²) in [6.45, 7) is 0.420. The van der Waals surface area contributed by atoms with Crippen molar-refractivity contribution in [1.82, 2.24) is 4.98 Å². The van der Waals surface area contributed by atoms with E-state index in [4.69, 9.17) is 10.5 Å². The first-order chi connectivity index (χ1) is 8.19. The van der Waals surface area contributed by atoms with E-state index < -0.39 is 0 Å². The quantitative estimate of drug-likeness (QED) is 0.946. The summed E-state index contributed by atoms with van der Waals surface area (Å²) in [6, 6.07) is 7.76. The fraction of sp³-hybridized carbons (Fsp3) is 0.0833. The molecule has 1 aromatic heterocycles. The van der Waals surface area contributed by atoms with Crippen LogP contribution in [0.2, 0.25) is 0 Å². The lowest BCUT2D eigenvalue weighted by Gasteiger charge is -2.07. The molecule has 0 amide bonds. The minimum Gasteiger partial charge on any atom is -0.438 e. The van der Waals surface area contributed by atoms with Gasteiger partial charge in [0.15, 0.2) is 0 Å². The Labute approximate surface area is 107 Å². The highest BCUT2D eigenvalue weighted by molar-refractivity contribution is 9.10. The zero-order valence-electron chi connectivity index (χ0n) is 8.86. The normalized spacial score (nSPS) is 10.3. The number of nitrogens with zero attached hydrogens (tertiary/aromatic N) is 1. The Morgan fingerprint density at radius 3 is 2.82 bits per heavy atom. The van der Waals surface area contributed by atoms with E-state index >= 15 is 0 Å². The van der Waals surface area contributed by atoms with Gasteiger partial charge in [-0.3, -0.25) is 0 Å². The highest BCUT2D eigenvalue weighted by atomic mass is 79.9. The average Bonchev–Trinajstić information content (AvgIpc) is 2.33. The third-order valence-electron chi connectivity index (χ3n) is 2.14. The molecule has 5 heteroatoms. The minimum atomic E-state index is -0.326. The van der Waals surface area contributed by atoms with Crippen molar-refractivity contribution in [3.63, 3.8) is 0 Å². The fourth-order valence-electron chi connectivity index (χ4n) is 1.30. The van der Waals surface area contributed by atoms with Crippen LogP contribution in [0, 0.1) is 5.82 Å². The molecular formula is C12H10BrFN2O. The lowest BCUT2D eigenvalue weighted by molar-refractivity contribution is 0.457. The van der Waals surface area contributed by atoms with Gasteiger partial charge in [-0.05, 0) is 45.8 Å². The third-order valence-corrected chi connectivity index (χ3v) is 2.76. The van der Waals surface area contributed by atoms with E-state index in [0.717, 1.165) is 5.56 Å². The average molecular weight is 297 g/mol. The maximum absolute atomic E-state index is 12.9. The number of hydrogen-bond acceptors (Lipinski definition) is 3. The Balaban J connectivity index is 2.25. The molecule has 2 N–H and O–H groups in total. The largest absolute Gasteiger partial charge is 0.438 e. The number of hydrogen-bond donors (Lipinski definition) is 1. The van der Waals surface area contributed by atoms with Gasteiger partial charge in [0, 0.05) is 18.8 Å². The highest BCUT2D eigenvalue weighted by Crippen LogP contribution is 2.29. The molecule has 0 bridgehead atoms. The first-order valence-electron chi connectivity index (χ1n) is 4.97. The van der Waals surface area contributed by atoms with Crippen molar-refractivity contribution in [2.75, 3.05) is 0 Å². The van der Waals surface area contributed by atoms with Crippen LogP contribution in [0.5, 0.6) is 11.6 Å². The summed E-state index contributed by atoms with van der Waals surface area (Å²) >= 11 is 3.22. The number of ether oxygens (including phenoxy) is 1. The zero-order chi connectivity index (χ0) is 12.3. The monoisotopic (exact) mass is 296 g/mol. The second kappa shape index (κ2) is 5.25. The van der Waals surface area contributed by atoms with Crippen LogP contribution >= 0.6 is 15.9 Å². The first kappa shape index (κ1) is 12.0. The SMILES string of the molecule is NCc1ccnc(Oc2ccc(F)cc2Br)c1. The molecule has 0 atom stereocenters. The summed E-state index contributed by atoms with van der Waals surface area (Å²) in [6.07, 6.45) is 1.62. The lowest BCUT2D eigenvalue weighted by atomic mass is 10.3. The molecule has 0 saturated carbocycles. The van der Waals surface area contributed by atoms with Gasteiger partial charge in [0.1, 0.15) is 11.6 Å². The number of pyridine rings is 1. The van der Waals surface area contributed by atoms with Crippen molar-refractivity contribution in [2.24, 2.45) is 5.73 Å². The van der Waals surface area contributed by atoms with Gasteiger partial charge in [-0.1, -0.05) is 0 Å². The van der Waals surface area contributed by atoms with Crippen LogP contribution in [0.1, 0.15) is 5.56 Å². The van der Waals surface area contributed by atoms with Crippen LogP contribution in [0.15, 0.2) is 41.0 Å². The summed E-state index contributed by atoms with van der Waals surface area (Å²) in [5, 5.41) is 0. The second-order valence-corrected chi connectivity index (χ2v) is 4.24. The summed E-state index contributed by atoms with van der Waals surface area (Å²) in [4.78, 5) is 4.05. The molecular weight excluding hydrogens is 287 g/mol. The van der Waals surface area contributed by atoms with Gasteiger partial charge in [0.05, 0.1) is 4.47 Å². The van der Waals surface area contributed by atoms with Crippen LogP contribution in [0.3, 0.4) is 0 Å². The third kappa shape index (κ3) is 3.01. The Kier molecular flexibility index (Phi) is 3.71. The fourth-order valence-corrected chi connectivity index (χ4v) is 1.74. The Morgan fingerprint density at radius 1 is 1.29 bits per heavy atom. The van der Waals surface area contributed by atoms with Crippen LogP contribution in [0.25, 0.3) is 0 Å². The number of benzene rings is 1. The van der Waals surface area contributed by atoms with E-state index in [-0.39, 0.29) is 5.82 Å². The van der Waals surface area contributed by atoms with Crippen molar-refractivity contribution in [2.45, 2.75) is 6.54 Å². The Morgan fingerprint density at radius 2 is 2.12 bits per heavy atom. The van der Waals surface area contributed by atoms with E-state index in [1.807, 2.05) is 6.07 Å². The molecule has 0 spiro atoms. The van der Waals surface area contributed by atoms with Gasteiger partial charge in [0.25, 0.3) is 0 Å². The van der Waals surface area contributed by atoms with Crippen molar-refractivity contribution >= 4 is 15.9 Å². The number of nitrogens with two attached hydrogens (primary N) is 1. The summed E-state index contributed by atoms with van der Waals surface area (Å²) in [5.74, 6) is 0.612. The van der Waals surface area contributed by atoms with Crippen molar-refractivity contribution in [3.8, 4) is 11.6 Å². The van der Waals surface area contributed by atoms with Crippen molar-refractivity contribution in [1.29, 1.82) is 0 Å². The first-order valence-corrected chi connectivity index (χ1v) is 5.76. The molecule has 0 fully saturated rings. The van der Waals surface area contributed by atoms with Gasteiger partial charge >= 0.3 is 0 Å². The molecule has 88 valence electrons. The molecule has 1 heterocycles. The Hall–Kier alpha value is -1.46. The second-order valence-electron chi connectivity index (χ2n) is 3.38. The van der Waals surface area contributed by atoms with Crippen LogP contribution in [-0.4, -0.2) is 4.98 Å². The zero-order valence-corrected chi connectivity index (χ0v) is 10.4. The number of halogens is 2. The maximum atomic E-state index is 12.9. The molecule has 0 radical (unpaired) electrons. The van der Waals surface area contributed by atoms with Gasteiger partial charge in [0.2, 0.25) is 5.88 Å². The highest BCUT2D eigenvalue weighted by Gasteiger charge is 2.05. The molecule has 0 aliphatic carbocycles. The number of rotatable bonds is 3. The van der Waals surface area contributed by atoms with Crippen LogP contribution < -0.4 is 10.5 Å². The molecule has 2 rings (SSSR count). The van der Waals surface area contributed by atoms with Gasteiger partial charge < -0.3 is 10.5 Å².